The van der Waals surface area contributed by atoms with Gasteiger partial charge < -0.3 is 14.8 Å². The summed E-state index contributed by atoms with van der Waals surface area (Å²) in [4.78, 5) is 39.4. The number of carbonyl (C=O) groups is 2. The third-order valence-corrected chi connectivity index (χ3v) is 4.61. The van der Waals surface area contributed by atoms with E-state index in [1.807, 2.05) is 11.0 Å². The molecule has 0 saturated carbocycles. The Kier molecular flexibility index (Phi) is 5.51. The highest BCUT2D eigenvalue weighted by Crippen LogP contribution is 2.15. The second-order valence-corrected chi connectivity index (χ2v) is 6.59. The molecule has 6 nitrogen and oxygen atoms in total. The molecule has 1 saturated heterocycles. The standard InChI is InChI=1S/C20H23N3O3/c1-22-14-16(19(25)23-11-7-2-3-8-12-23)13-17(20(22)26)21-18(24)15-9-5-4-6-10-15/h4-6,9-10,13-14H,2-3,7-8,11-12H2,1H3,(H,21,24). The van der Waals surface area contributed by atoms with Gasteiger partial charge in [-0.25, -0.2) is 0 Å². The van der Waals surface area contributed by atoms with Crippen molar-refractivity contribution in [3.8, 4) is 0 Å². The Balaban J connectivity index is 1.86. The SMILES string of the molecule is Cn1cc(C(=O)N2CCCCCC2)cc(NC(=O)c2ccccc2)c1=O. The van der Waals surface area contributed by atoms with Gasteiger partial charge in [0, 0.05) is 31.9 Å². The van der Waals surface area contributed by atoms with Crippen molar-refractivity contribution in [2.45, 2.75) is 25.7 Å². The summed E-state index contributed by atoms with van der Waals surface area (Å²) >= 11 is 0. The number of aromatic nitrogens is 1. The second kappa shape index (κ2) is 7.99. The third kappa shape index (κ3) is 4.02. The minimum Gasteiger partial charge on any atom is -0.339 e. The van der Waals surface area contributed by atoms with Gasteiger partial charge >= 0.3 is 0 Å². The molecule has 0 atom stereocenters. The average Bonchev–Trinajstić information content (AvgIpc) is 2.94. The summed E-state index contributed by atoms with van der Waals surface area (Å²) in [5, 5.41) is 2.63. The molecule has 6 heteroatoms. The summed E-state index contributed by atoms with van der Waals surface area (Å²) in [5.41, 5.74) is 0.639. The molecule has 2 heterocycles. The molecule has 3 rings (SSSR count). The van der Waals surface area contributed by atoms with Gasteiger partial charge in [0.05, 0.1) is 5.56 Å². The maximum Gasteiger partial charge on any atom is 0.274 e. The molecule has 1 aromatic heterocycles. The summed E-state index contributed by atoms with van der Waals surface area (Å²) in [6, 6.07) is 10.2. The number of hydrogen-bond donors (Lipinski definition) is 1. The molecule has 1 fully saturated rings. The van der Waals surface area contributed by atoms with Gasteiger partial charge in [-0.1, -0.05) is 31.0 Å². The minimum atomic E-state index is -0.373. The zero-order valence-corrected chi connectivity index (χ0v) is 14.9. The Morgan fingerprint density at radius 2 is 1.62 bits per heavy atom. The van der Waals surface area contributed by atoms with Crippen molar-refractivity contribution in [2.24, 2.45) is 7.05 Å². The molecule has 2 aromatic rings. The number of rotatable bonds is 3. The van der Waals surface area contributed by atoms with Gasteiger partial charge in [-0.05, 0) is 31.0 Å². The molecule has 2 amide bonds. The molecule has 136 valence electrons. The van der Waals surface area contributed by atoms with E-state index < -0.39 is 0 Å². The first-order chi connectivity index (χ1) is 12.6. The van der Waals surface area contributed by atoms with Gasteiger partial charge in [-0.15, -0.1) is 0 Å². The number of aryl methyl sites for hydroxylation is 1. The van der Waals surface area contributed by atoms with E-state index >= 15 is 0 Å². The van der Waals surface area contributed by atoms with Crippen molar-refractivity contribution in [1.82, 2.24) is 9.47 Å². The van der Waals surface area contributed by atoms with E-state index in [1.165, 1.54) is 16.8 Å². The molecule has 0 aliphatic carbocycles. The van der Waals surface area contributed by atoms with E-state index in [1.54, 1.807) is 31.3 Å². The van der Waals surface area contributed by atoms with E-state index in [9.17, 15) is 14.4 Å². The smallest absolute Gasteiger partial charge is 0.274 e. The molecule has 0 spiro atoms. The van der Waals surface area contributed by atoms with Crippen LogP contribution in [0.1, 0.15) is 46.4 Å². The van der Waals surface area contributed by atoms with Gasteiger partial charge in [-0.3, -0.25) is 14.4 Å². The Labute approximate surface area is 152 Å². The predicted molar refractivity (Wildman–Crippen MR) is 100 cm³/mol. The highest BCUT2D eigenvalue weighted by Gasteiger charge is 2.20. The van der Waals surface area contributed by atoms with E-state index in [-0.39, 0.29) is 23.1 Å². The van der Waals surface area contributed by atoms with Gasteiger partial charge in [0.15, 0.2) is 0 Å². The Bertz CT molecular complexity index is 850. The maximum atomic E-state index is 12.8. The maximum absolute atomic E-state index is 12.8. The molecule has 1 aliphatic heterocycles. The lowest BCUT2D eigenvalue weighted by atomic mass is 10.2. The van der Waals surface area contributed by atoms with Crippen molar-refractivity contribution in [1.29, 1.82) is 0 Å². The van der Waals surface area contributed by atoms with Crippen LogP contribution in [0.2, 0.25) is 0 Å². The number of anilines is 1. The predicted octanol–water partition coefficient (Wildman–Crippen LogP) is 2.65. The van der Waals surface area contributed by atoms with E-state index in [4.69, 9.17) is 0 Å². The number of nitrogens with one attached hydrogen (secondary N) is 1. The van der Waals surface area contributed by atoms with Gasteiger partial charge in [0.25, 0.3) is 17.4 Å². The summed E-state index contributed by atoms with van der Waals surface area (Å²) in [6.45, 7) is 1.46. The van der Waals surface area contributed by atoms with Crippen LogP contribution in [-0.2, 0) is 7.05 Å². The van der Waals surface area contributed by atoms with Crippen LogP contribution < -0.4 is 10.9 Å². The first kappa shape index (κ1) is 17.9. The number of hydrogen-bond acceptors (Lipinski definition) is 3. The lowest BCUT2D eigenvalue weighted by Gasteiger charge is -2.21. The number of amides is 2. The molecule has 0 unspecified atom stereocenters. The lowest BCUT2D eigenvalue weighted by molar-refractivity contribution is 0.0760. The zero-order chi connectivity index (χ0) is 18.5. The monoisotopic (exact) mass is 353 g/mol. The van der Waals surface area contributed by atoms with Crippen LogP contribution in [0.4, 0.5) is 5.69 Å². The summed E-state index contributed by atoms with van der Waals surface area (Å²) in [7, 11) is 1.58. The fraction of sp³-hybridized carbons (Fsp3) is 0.350. The highest BCUT2D eigenvalue weighted by molar-refractivity contribution is 6.05. The summed E-state index contributed by atoms with van der Waals surface area (Å²) in [6.07, 6.45) is 5.79. The molecule has 0 bridgehead atoms. The van der Waals surface area contributed by atoms with Crippen LogP contribution >= 0.6 is 0 Å². The number of nitrogens with zero attached hydrogens (tertiary/aromatic N) is 2. The van der Waals surface area contributed by atoms with Crippen LogP contribution in [0.5, 0.6) is 0 Å². The van der Waals surface area contributed by atoms with Crippen LogP contribution in [0.25, 0.3) is 0 Å². The Hall–Kier alpha value is -2.89. The zero-order valence-electron chi connectivity index (χ0n) is 14.9. The van der Waals surface area contributed by atoms with E-state index in [2.05, 4.69) is 5.32 Å². The van der Waals surface area contributed by atoms with Gasteiger partial charge in [-0.2, -0.15) is 0 Å². The molecule has 1 aromatic carbocycles. The number of benzene rings is 1. The average molecular weight is 353 g/mol. The fourth-order valence-electron chi connectivity index (χ4n) is 3.16. The van der Waals surface area contributed by atoms with Crippen LogP contribution in [0.3, 0.4) is 0 Å². The molecule has 1 aliphatic rings. The normalized spacial score (nSPS) is 14.6. The van der Waals surface area contributed by atoms with Crippen LogP contribution in [0.15, 0.2) is 47.4 Å². The van der Waals surface area contributed by atoms with Crippen LogP contribution in [0, 0.1) is 0 Å². The highest BCUT2D eigenvalue weighted by atomic mass is 16.2. The van der Waals surface area contributed by atoms with Crippen molar-refractivity contribution in [3.63, 3.8) is 0 Å². The quantitative estimate of drug-likeness (QED) is 0.922. The first-order valence-corrected chi connectivity index (χ1v) is 8.92. The molecule has 26 heavy (non-hydrogen) atoms. The topological polar surface area (TPSA) is 71.4 Å². The summed E-state index contributed by atoms with van der Waals surface area (Å²) < 4.78 is 1.34. The van der Waals surface area contributed by atoms with E-state index in [0.717, 1.165) is 38.8 Å². The number of carbonyl (C=O) groups excluding carboxylic acids is 2. The Morgan fingerprint density at radius 3 is 2.27 bits per heavy atom. The third-order valence-electron chi connectivity index (χ3n) is 4.61. The Morgan fingerprint density at radius 1 is 0.962 bits per heavy atom. The largest absolute Gasteiger partial charge is 0.339 e. The van der Waals surface area contributed by atoms with Gasteiger partial charge in [0.2, 0.25) is 0 Å². The van der Waals surface area contributed by atoms with Crippen molar-refractivity contribution in [3.05, 3.63) is 64.1 Å². The van der Waals surface area contributed by atoms with Gasteiger partial charge in [0.1, 0.15) is 5.69 Å². The lowest BCUT2D eigenvalue weighted by Crippen LogP contribution is -2.33. The van der Waals surface area contributed by atoms with E-state index in [0.29, 0.717) is 11.1 Å². The first-order valence-electron chi connectivity index (χ1n) is 8.92. The molecular weight excluding hydrogens is 330 g/mol. The van der Waals surface area contributed by atoms with Crippen molar-refractivity contribution < 1.29 is 9.59 Å². The fourth-order valence-corrected chi connectivity index (χ4v) is 3.16. The number of likely N-dealkylation sites (tertiary alicyclic amines) is 1. The number of pyridine rings is 1. The molecular formula is C20H23N3O3. The second-order valence-electron chi connectivity index (χ2n) is 6.59. The summed E-state index contributed by atoms with van der Waals surface area (Å²) in [5.74, 6) is -0.472. The van der Waals surface area contributed by atoms with Crippen molar-refractivity contribution >= 4 is 17.5 Å². The van der Waals surface area contributed by atoms with Crippen molar-refractivity contribution in [2.75, 3.05) is 18.4 Å². The van der Waals surface area contributed by atoms with Crippen LogP contribution in [-0.4, -0.2) is 34.4 Å². The minimum absolute atomic E-state index is 0.0993. The molecule has 1 N–H and O–H groups in total. The molecule has 0 radical (unpaired) electrons.